The van der Waals surface area contributed by atoms with Gasteiger partial charge in [0.05, 0.1) is 11.6 Å². The van der Waals surface area contributed by atoms with Crippen molar-refractivity contribution in [2.75, 3.05) is 7.05 Å². The van der Waals surface area contributed by atoms with Crippen molar-refractivity contribution in [2.24, 2.45) is 0 Å². The maximum atomic E-state index is 2.63. The van der Waals surface area contributed by atoms with Crippen molar-refractivity contribution in [1.29, 1.82) is 0 Å². The highest BCUT2D eigenvalue weighted by Crippen LogP contribution is 2.48. The van der Waals surface area contributed by atoms with E-state index in [0.29, 0.717) is 6.04 Å². The fraction of sp³-hybridized carbons (Fsp3) is 0.333. The first-order valence-electron chi connectivity index (χ1n) is 9.85. The summed E-state index contributed by atoms with van der Waals surface area (Å²) < 4.78 is 2.56. The Hall–Kier alpha value is -2.32. The zero-order valence-electron chi connectivity index (χ0n) is 15.5. The van der Waals surface area contributed by atoms with E-state index in [-0.39, 0.29) is 0 Å². The molecule has 2 nitrogen and oxygen atoms in total. The Bertz CT molecular complexity index is 1070. The number of nitrogens with zero attached hydrogens (tertiary/aromatic N) is 2. The molecule has 2 unspecified atom stereocenters. The first-order chi connectivity index (χ1) is 12.7. The lowest BCUT2D eigenvalue weighted by Crippen LogP contribution is -2.34. The maximum Gasteiger partial charge on any atom is 0.0564 e. The summed E-state index contributed by atoms with van der Waals surface area (Å²) >= 11 is 0. The Balaban J connectivity index is 1.67. The van der Waals surface area contributed by atoms with Gasteiger partial charge in [-0.3, -0.25) is 4.90 Å². The SMILES string of the molecule is Cc1cc2c3c(c1)c1c(n3C=C(c3ccccc3)C2)C2CCC(C1)N2C. The summed E-state index contributed by atoms with van der Waals surface area (Å²) in [5.41, 5.74) is 10.3. The van der Waals surface area contributed by atoms with Gasteiger partial charge in [-0.2, -0.15) is 0 Å². The van der Waals surface area contributed by atoms with Crippen LogP contribution in [0.2, 0.25) is 0 Å². The number of benzene rings is 2. The monoisotopic (exact) mass is 340 g/mol. The van der Waals surface area contributed by atoms with E-state index in [9.17, 15) is 0 Å². The molecular formula is C24H24N2. The van der Waals surface area contributed by atoms with Gasteiger partial charge in [-0.05, 0) is 61.6 Å². The normalized spacial score (nSPS) is 24.0. The van der Waals surface area contributed by atoms with Gasteiger partial charge in [0.15, 0.2) is 0 Å². The summed E-state index contributed by atoms with van der Waals surface area (Å²) in [5.74, 6) is 0. The van der Waals surface area contributed by atoms with Crippen molar-refractivity contribution in [1.82, 2.24) is 9.47 Å². The number of hydrogen-bond donors (Lipinski definition) is 0. The lowest BCUT2D eigenvalue weighted by atomic mass is 9.93. The van der Waals surface area contributed by atoms with Crippen molar-refractivity contribution in [3.05, 3.63) is 70.4 Å². The summed E-state index contributed by atoms with van der Waals surface area (Å²) in [5, 5.41) is 1.52. The lowest BCUT2D eigenvalue weighted by Gasteiger charge is -2.32. The van der Waals surface area contributed by atoms with E-state index < -0.39 is 0 Å². The number of likely N-dealkylation sites (N-methyl/N-ethyl adjacent to an activating group) is 1. The predicted octanol–water partition coefficient (Wildman–Crippen LogP) is 5.20. The Kier molecular flexibility index (Phi) is 2.91. The van der Waals surface area contributed by atoms with Gasteiger partial charge in [-0.15, -0.1) is 0 Å². The third-order valence-electron chi connectivity index (χ3n) is 6.87. The molecule has 130 valence electrons. The molecule has 3 aliphatic heterocycles. The lowest BCUT2D eigenvalue weighted by molar-refractivity contribution is 0.220. The van der Waals surface area contributed by atoms with E-state index in [1.54, 1.807) is 11.3 Å². The molecule has 3 aliphatic rings. The number of allylic oxidation sites excluding steroid dienone is 1. The molecule has 2 heteroatoms. The minimum Gasteiger partial charge on any atom is -0.318 e. The Morgan fingerprint density at radius 3 is 2.73 bits per heavy atom. The van der Waals surface area contributed by atoms with Gasteiger partial charge in [0.25, 0.3) is 0 Å². The molecule has 0 spiro atoms. The van der Waals surface area contributed by atoms with Crippen LogP contribution < -0.4 is 0 Å². The number of hydrogen-bond acceptors (Lipinski definition) is 1. The van der Waals surface area contributed by atoms with Crippen LogP contribution in [0.5, 0.6) is 0 Å². The highest BCUT2D eigenvalue weighted by atomic mass is 15.2. The Morgan fingerprint density at radius 1 is 1.04 bits per heavy atom. The molecular weight excluding hydrogens is 316 g/mol. The molecule has 1 aromatic heterocycles. The first kappa shape index (κ1) is 14.8. The summed E-state index contributed by atoms with van der Waals surface area (Å²) in [6.45, 7) is 2.25. The van der Waals surface area contributed by atoms with Crippen molar-refractivity contribution in [3.8, 4) is 0 Å². The molecule has 2 bridgehead atoms. The third-order valence-corrected chi connectivity index (χ3v) is 6.87. The molecule has 0 N–H and O–H groups in total. The molecule has 0 amide bonds. The minimum atomic E-state index is 0.579. The van der Waals surface area contributed by atoms with Crippen LogP contribution in [0.15, 0.2) is 42.5 Å². The smallest absolute Gasteiger partial charge is 0.0564 e. The summed E-state index contributed by atoms with van der Waals surface area (Å²) in [4.78, 5) is 2.63. The fourth-order valence-corrected chi connectivity index (χ4v) is 5.68. The minimum absolute atomic E-state index is 0.579. The van der Waals surface area contributed by atoms with Crippen molar-refractivity contribution < 1.29 is 0 Å². The van der Waals surface area contributed by atoms with Gasteiger partial charge in [-0.25, -0.2) is 0 Å². The highest BCUT2D eigenvalue weighted by Gasteiger charge is 2.41. The molecule has 0 radical (unpaired) electrons. The number of aryl methyl sites for hydroxylation is 1. The van der Waals surface area contributed by atoms with E-state index in [0.717, 1.165) is 12.5 Å². The van der Waals surface area contributed by atoms with Crippen molar-refractivity contribution in [3.63, 3.8) is 0 Å². The molecule has 0 saturated carbocycles. The number of fused-ring (bicyclic) bond motifs is 6. The zero-order valence-corrected chi connectivity index (χ0v) is 15.5. The van der Waals surface area contributed by atoms with Crippen LogP contribution in [0.3, 0.4) is 0 Å². The highest BCUT2D eigenvalue weighted by molar-refractivity contribution is 5.97. The van der Waals surface area contributed by atoms with Crippen LogP contribution >= 0.6 is 0 Å². The van der Waals surface area contributed by atoms with Crippen LogP contribution in [0.4, 0.5) is 0 Å². The van der Waals surface area contributed by atoms with E-state index in [1.165, 1.54) is 52.4 Å². The Labute approximate surface area is 154 Å². The third kappa shape index (κ3) is 1.86. The van der Waals surface area contributed by atoms with Crippen LogP contribution in [-0.4, -0.2) is 22.6 Å². The quantitative estimate of drug-likeness (QED) is 0.591. The molecule has 1 fully saturated rings. The second-order valence-electron chi connectivity index (χ2n) is 8.37. The van der Waals surface area contributed by atoms with Crippen LogP contribution in [0, 0.1) is 6.92 Å². The second-order valence-corrected chi connectivity index (χ2v) is 8.37. The number of aromatic nitrogens is 1. The molecule has 26 heavy (non-hydrogen) atoms. The van der Waals surface area contributed by atoms with Gasteiger partial charge in [-0.1, -0.05) is 42.0 Å². The number of rotatable bonds is 1. The van der Waals surface area contributed by atoms with Crippen LogP contribution in [0.25, 0.3) is 22.7 Å². The summed E-state index contributed by atoms with van der Waals surface area (Å²) in [6.07, 6.45) is 7.32. The molecule has 2 atom stereocenters. The first-order valence-corrected chi connectivity index (χ1v) is 9.85. The Morgan fingerprint density at radius 2 is 1.88 bits per heavy atom. The van der Waals surface area contributed by atoms with Crippen LogP contribution in [-0.2, 0) is 12.8 Å². The van der Waals surface area contributed by atoms with E-state index >= 15 is 0 Å². The topological polar surface area (TPSA) is 8.17 Å². The average molecular weight is 340 g/mol. The van der Waals surface area contributed by atoms with Crippen molar-refractivity contribution in [2.45, 2.75) is 44.7 Å². The summed E-state index contributed by atoms with van der Waals surface area (Å²) in [6, 6.07) is 17.0. The molecule has 1 saturated heterocycles. The zero-order chi connectivity index (χ0) is 17.4. The summed E-state index contributed by atoms with van der Waals surface area (Å²) in [7, 11) is 2.33. The largest absolute Gasteiger partial charge is 0.318 e. The molecule has 3 aromatic rings. The average Bonchev–Trinajstić information content (AvgIpc) is 3.07. The molecule has 2 aromatic carbocycles. The van der Waals surface area contributed by atoms with Gasteiger partial charge < -0.3 is 4.57 Å². The van der Waals surface area contributed by atoms with Gasteiger partial charge >= 0.3 is 0 Å². The van der Waals surface area contributed by atoms with Crippen molar-refractivity contribution >= 4 is 22.7 Å². The van der Waals surface area contributed by atoms with E-state index in [4.69, 9.17) is 0 Å². The van der Waals surface area contributed by atoms with Crippen LogP contribution in [0.1, 0.15) is 46.8 Å². The standard InChI is InChI=1S/C24H24N2/c1-15-10-17-12-18(16-6-4-3-5-7-16)14-26-23(17)20(11-15)21-13-19-8-9-22(24(21)26)25(19)2/h3-7,10-11,14,19,22H,8-9,12-13H2,1-2H3. The van der Waals surface area contributed by atoms with Gasteiger partial charge in [0.2, 0.25) is 0 Å². The predicted molar refractivity (Wildman–Crippen MR) is 108 cm³/mol. The molecule has 0 aliphatic carbocycles. The molecule has 6 rings (SSSR count). The second kappa shape index (κ2) is 5.11. The van der Waals surface area contributed by atoms with E-state index in [2.05, 4.69) is 72.1 Å². The molecule has 4 heterocycles. The fourth-order valence-electron chi connectivity index (χ4n) is 5.68. The van der Waals surface area contributed by atoms with Gasteiger partial charge in [0, 0.05) is 29.7 Å². The van der Waals surface area contributed by atoms with Gasteiger partial charge in [0.1, 0.15) is 0 Å². The van der Waals surface area contributed by atoms with E-state index in [1.807, 2.05) is 0 Å². The maximum absolute atomic E-state index is 2.63.